The Bertz CT molecular complexity index is 949. The average molecular weight is 344 g/mol. The second-order valence-electron chi connectivity index (χ2n) is 5.95. The lowest BCUT2D eigenvalue weighted by molar-refractivity contribution is 0.355. The molecule has 0 saturated heterocycles. The third-order valence-electron chi connectivity index (χ3n) is 4.57. The van der Waals surface area contributed by atoms with E-state index in [0.29, 0.717) is 16.7 Å². The summed E-state index contributed by atoms with van der Waals surface area (Å²) in [6.45, 7) is 1.97. The molecule has 2 heterocycles. The molecule has 2 aromatic heterocycles. The van der Waals surface area contributed by atoms with Gasteiger partial charge < -0.3 is 9.47 Å². The number of ether oxygens (including phenoxy) is 2. The maximum Gasteiger partial charge on any atom is 0.165 e. The zero-order valence-corrected chi connectivity index (χ0v) is 14.6. The van der Waals surface area contributed by atoms with Gasteiger partial charge in [-0.25, -0.2) is 9.50 Å². The number of aromatic nitrogens is 3. The molecule has 0 bridgehead atoms. The molecule has 1 aliphatic rings. The van der Waals surface area contributed by atoms with Gasteiger partial charge in [0.05, 0.1) is 19.9 Å². The van der Waals surface area contributed by atoms with E-state index >= 15 is 0 Å². The quantitative estimate of drug-likeness (QED) is 0.677. The Morgan fingerprint density at radius 1 is 1.12 bits per heavy atom. The van der Waals surface area contributed by atoms with Gasteiger partial charge in [0.15, 0.2) is 17.1 Å². The zero-order valence-electron chi connectivity index (χ0n) is 13.9. The van der Waals surface area contributed by atoms with E-state index in [9.17, 15) is 0 Å². The van der Waals surface area contributed by atoms with Gasteiger partial charge in [-0.3, -0.25) is 0 Å². The molecule has 0 amide bonds. The largest absolute Gasteiger partial charge is 0.493 e. The van der Waals surface area contributed by atoms with Crippen LogP contribution in [0.4, 0.5) is 0 Å². The predicted octanol–water partition coefficient (Wildman–Crippen LogP) is 3.86. The standard InChI is InChI=1S/C18H18ClN3O2/c1-10-16(11-7-8-14(23-2)15(9-11)24-3)18-20-13-6-4-5-12(13)17(19)22(18)21-10/h7-9H,4-6H2,1-3H3. The van der Waals surface area contributed by atoms with Crippen LogP contribution in [-0.4, -0.2) is 28.8 Å². The van der Waals surface area contributed by atoms with Crippen molar-refractivity contribution in [3.8, 4) is 22.6 Å². The Morgan fingerprint density at radius 2 is 1.92 bits per heavy atom. The minimum Gasteiger partial charge on any atom is -0.493 e. The number of rotatable bonds is 3. The third-order valence-corrected chi connectivity index (χ3v) is 4.96. The molecule has 1 aliphatic carbocycles. The van der Waals surface area contributed by atoms with Crippen molar-refractivity contribution in [3.63, 3.8) is 0 Å². The van der Waals surface area contributed by atoms with Gasteiger partial charge in [-0.05, 0) is 43.9 Å². The highest BCUT2D eigenvalue weighted by atomic mass is 35.5. The van der Waals surface area contributed by atoms with Gasteiger partial charge in [-0.15, -0.1) is 0 Å². The summed E-state index contributed by atoms with van der Waals surface area (Å²) in [5.41, 5.74) is 5.87. The Labute approximate surface area is 145 Å². The SMILES string of the molecule is COc1ccc(-c2c(C)nn3c(Cl)c4c(nc23)CCC4)cc1OC. The molecule has 5 nitrogen and oxygen atoms in total. The molecule has 3 aromatic rings. The first-order chi connectivity index (χ1) is 11.6. The summed E-state index contributed by atoms with van der Waals surface area (Å²) in [7, 11) is 3.26. The monoisotopic (exact) mass is 343 g/mol. The van der Waals surface area contributed by atoms with Crippen LogP contribution in [0.5, 0.6) is 11.5 Å². The molecule has 0 aliphatic heterocycles. The van der Waals surface area contributed by atoms with Crippen LogP contribution in [0.3, 0.4) is 0 Å². The summed E-state index contributed by atoms with van der Waals surface area (Å²) in [6, 6.07) is 5.84. The molecule has 4 rings (SSSR count). The fourth-order valence-corrected chi connectivity index (χ4v) is 3.74. The Kier molecular flexibility index (Phi) is 3.61. The van der Waals surface area contributed by atoms with Gasteiger partial charge in [0, 0.05) is 16.8 Å². The topological polar surface area (TPSA) is 48.7 Å². The summed E-state index contributed by atoms with van der Waals surface area (Å²) < 4.78 is 12.5. The summed E-state index contributed by atoms with van der Waals surface area (Å²) in [5.74, 6) is 1.38. The molecule has 0 radical (unpaired) electrons. The van der Waals surface area contributed by atoms with Crippen LogP contribution in [0.2, 0.25) is 5.15 Å². The Balaban J connectivity index is 1.97. The number of methoxy groups -OCH3 is 2. The number of aryl methyl sites for hydroxylation is 2. The van der Waals surface area contributed by atoms with Gasteiger partial charge >= 0.3 is 0 Å². The first kappa shape index (κ1) is 15.3. The van der Waals surface area contributed by atoms with Crippen LogP contribution in [0.25, 0.3) is 16.8 Å². The summed E-state index contributed by atoms with van der Waals surface area (Å²) >= 11 is 6.58. The molecule has 1 aromatic carbocycles. The smallest absolute Gasteiger partial charge is 0.165 e. The second-order valence-corrected chi connectivity index (χ2v) is 6.31. The van der Waals surface area contributed by atoms with Gasteiger partial charge in [-0.2, -0.15) is 5.10 Å². The molecule has 0 fully saturated rings. The van der Waals surface area contributed by atoms with Crippen molar-refractivity contribution in [1.29, 1.82) is 0 Å². The Hall–Kier alpha value is -2.27. The van der Waals surface area contributed by atoms with Crippen molar-refractivity contribution in [1.82, 2.24) is 14.6 Å². The normalized spacial score (nSPS) is 13.3. The molecule has 6 heteroatoms. The van der Waals surface area contributed by atoms with E-state index in [4.69, 9.17) is 26.1 Å². The molecular weight excluding hydrogens is 326 g/mol. The van der Waals surface area contributed by atoms with Crippen molar-refractivity contribution < 1.29 is 9.47 Å². The lowest BCUT2D eigenvalue weighted by Crippen LogP contribution is -2.00. The number of hydrogen-bond acceptors (Lipinski definition) is 4. The van der Waals surface area contributed by atoms with Crippen LogP contribution in [0, 0.1) is 6.92 Å². The number of hydrogen-bond donors (Lipinski definition) is 0. The molecule has 0 spiro atoms. The zero-order chi connectivity index (χ0) is 16.8. The fourth-order valence-electron chi connectivity index (χ4n) is 3.41. The molecule has 0 N–H and O–H groups in total. The first-order valence-electron chi connectivity index (χ1n) is 7.93. The van der Waals surface area contributed by atoms with Crippen molar-refractivity contribution in [2.75, 3.05) is 14.2 Å². The van der Waals surface area contributed by atoms with Gasteiger partial charge in [0.25, 0.3) is 0 Å². The second kappa shape index (κ2) is 5.67. The number of fused-ring (bicyclic) bond motifs is 2. The minimum atomic E-state index is 0.681. The van der Waals surface area contributed by atoms with Crippen molar-refractivity contribution in [3.05, 3.63) is 40.3 Å². The van der Waals surface area contributed by atoms with Gasteiger partial charge in [-0.1, -0.05) is 17.7 Å². The third kappa shape index (κ3) is 2.15. The molecular formula is C18H18ClN3O2. The summed E-state index contributed by atoms with van der Waals surface area (Å²) in [5, 5.41) is 5.30. The summed E-state index contributed by atoms with van der Waals surface area (Å²) in [4.78, 5) is 4.86. The highest BCUT2D eigenvalue weighted by Crippen LogP contribution is 2.37. The van der Waals surface area contributed by atoms with Crippen molar-refractivity contribution in [2.24, 2.45) is 0 Å². The highest BCUT2D eigenvalue weighted by molar-refractivity contribution is 6.30. The number of benzene rings is 1. The lowest BCUT2D eigenvalue weighted by atomic mass is 10.1. The summed E-state index contributed by atoms with van der Waals surface area (Å²) in [6.07, 6.45) is 3.04. The Morgan fingerprint density at radius 3 is 2.67 bits per heavy atom. The van der Waals surface area contributed by atoms with E-state index in [1.165, 1.54) is 0 Å². The van der Waals surface area contributed by atoms with Crippen LogP contribution in [0.1, 0.15) is 23.4 Å². The molecule has 0 unspecified atom stereocenters. The minimum absolute atomic E-state index is 0.681. The molecule has 0 atom stereocenters. The van der Waals surface area contributed by atoms with Crippen molar-refractivity contribution >= 4 is 17.2 Å². The molecule has 124 valence electrons. The van der Waals surface area contributed by atoms with E-state index in [0.717, 1.165) is 53.0 Å². The fraction of sp³-hybridized carbons (Fsp3) is 0.333. The van der Waals surface area contributed by atoms with Gasteiger partial charge in [0.1, 0.15) is 5.15 Å². The molecule has 0 saturated carbocycles. The maximum atomic E-state index is 6.58. The average Bonchev–Trinajstić information content (AvgIpc) is 3.19. The highest BCUT2D eigenvalue weighted by Gasteiger charge is 2.23. The molecule has 24 heavy (non-hydrogen) atoms. The van der Waals surface area contributed by atoms with Crippen molar-refractivity contribution in [2.45, 2.75) is 26.2 Å². The van der Waals surface area contributed by atoms with E-state index in [2.05, 4.69) is 5.10 Å². The van der Waals surface area contributed by atoms with E-state index in [-0.39, 0.29) is 0 Å². The number of nitrogens with zero attached hydrogens (tertiary/aromatic N) is 3. The van der Waals surface area contributed by atoms with Crippen LogP contribution in [0.15, 0.2) is 18.2 Å². The van der Waals surface area contributed by atoms with Crippen LogP contribution < -0.4 is 9.47 Å². The maximum absolute atomic E-state index is 6.58. The van der Waals surface area contributed by atoms with Crippen LogP contribution in [-0.2, 0) is 12.8 Å². The van der Waals surface area contributed by atoms with Crippen LogP contribution >= 0.6 is 11.6 Å². The first-order valence-corrected chi connectivity index (χ1v) is 8.30. The van der Waals surface area contributed by atoms with E-state index in [1.54, 1.807) is 18.7 Å². The van der Waals surface area contributed by atoms with E-state index < -0.39 is 0 Å². The number of halogens is 1. The lowest BCUT2D eigenvalue weighted by Gasteiger charge is -2.10. The predicted molar refractivity (Wildman–Crippen MR) is 93.3 cm³/mol. The van der Waals surface area contributed by atoms with E-state index in [1.807, 2.05) is 25.1 Å². The van der Waals surface area contributed by atoms with Gasteiger partial charge in [0.2, 0.25) is 0 Å².